The lowest BCUT2D eigenvalue weighted by Gasteiger charge is -2.34. The Morgan fingerprint density at radius 3 is 2.17 bits per heavy atom. The SMILES string of the molecule is CCCNC(c1cc(C)cc(C)c1)C(C)(C)OC. The fraction of sp³-hybridized carbons (Fsp3) is 0.625. The van der Waals surface area contributed by atoms with E-state index in [0.29, 0.717) is 0 Å². The van der Waals surface area contributed by atoms with E-state index in [1.807, 2.05) is 0 Å². The molecule has 0 aromatic heterocycles. The Balaban J connectivity index is 3.08. The molecule has 0 spiro atoms. The summed E-state index contributed by atoms with van der Waals surface area (Å²) in [5.41, 5.74) is 3.71. The van der Waals surface area contributed by atoms with Crippen LogP contribution in [0.15, 0.2) is 18.2 Å². The van der Waals surface area contributed by atoms with Crippen molar-refractivity contribution < 1.29 is 4.74 Å². The van der Waals surface area contributed by atoms with Gasteiger partial charge in [-0.15, -0.1) is 0 Å². The van der Waals surface area contributed by atoms with E-state index >= 15 is 0 Å². The lowest BCUT2D eigenvalue weighted by atomic mass is 9.89. The topological polar surface area (TPSA) is 21.3 Å². The summed E-state index contributed by atoms with van der Waals surface area (Å²) < 4.78 is 5.67. The Morgan fingerprint density at radius 1 is 1.17 bits per heavy atom. The van der Waals surface area contributed by atoms with Gasteiger partial charge in [-0.25, -0.2) is 0 Å². The van der Waals surface area contributed by atoms with E-state index in [0.717, 1.165) is 13.0 Å². The van der Waals surface area contributed by atoms with Crippen molar-refractivity contribution >= 4 is 0 Å². The van der Waals surface area contributed by atoms with Crippen LogP contribution in [0.1, 0.15) is 49.9 Å². The minimum Gasteiger partial charge on any atom is -0.377 e. The summed E-state index contributed by atoms with van der Waals surface area (Å²) in [5.74, 6) is 0. The van der Waals surface area contributed by atoms with Gasteiger partial charge in [0.15, 0.2) is 0 Å². The van der Waals surface area contributed by atoms with Crippen LogP contribution in [0.3, 0.4) is 0 Å². The molecule has 0 fully saturated rings. The van der Waals surface area contributed by atoms with Crippen LogP contribution in [0.4, 0.5) is 0 Å². The maximum Gasteiger partial charge on any atom is 0.0816 e. The van der Waals surface area contributed by atoms with Crippen LogP contribution in [0.2, 0.25) is 0 Å². The molecule has 0 aliphatic carbocycles. The number of methoxy groups -OCH3 is 1. The standard InChI is InChI=1S/C16H27NO/c1-7-8-17-15(16(4,5)18-6)14-10-12(2)9-13(3)11-14/h9-11,15,17H,7-8H2,1-6H3. The third-order valence-electron chi connectivity index (χ3n) is 3.40. The lowest BCUT2D eigenvalue weighted by molar-refractivity contribution is -0.0110. The van der Waals surface area contributed by atoms with Crippen LogP contribution in [-0.2, 0) is 4.74 Å². The predicted octanol–water partition coefficient (Wildman–Crippen LogP) is 3.77. The van der Waals surface area contributed by atoms with Crippen molar-refractivity contribution in [1.29, 1.82) is 0 Å². The summed E-state index contributed by atoms with van der Waals surface area (Å²) in [6.45, 7) is 11.8. The summed E-state index contributed by atoms with van der Waals surface area (Å²) in [7, 11) is 1.78. The van der Waals surface area contributed by atoms with Gasteiger partial charge in [0.2, 0.25) is 0 Å². The highest BCUT2D eigenvalue weighted by Crippen LogP contribution is 2.29. The number of aryl methyl sites for hydroxylation is 2. The average molecular weight is 249 g/mol. The Labute approximate surface area is 112 Å². The van der Waals surface area contributed by atoms with E-state index in [9.17, 15) is 0 Å². The molecule has 1 N–H and O–H groups in total. The zero-order valence-corrected chi connectivity index (χ0v) is 12.6. The summed E-state index contributed by atoms with van der Waals surface area (Å²) in [6, 6.07) is 6.93. The molecule has 0 saturated carbocycles. The molecule has 2 nitrogen and oxygen atoms in total. The van der Waals surface area contributed by atoms with E-state index in [1.165, 1.54) is 16.7 Å². The third kappa shape index (κ3) is 3.82. The Kier molecular flexibility index (Phi) is 5.36. The van der Waals surface area contributed by atoms with Crippen molar-refractivity contribution in [3.8, 4) is 0 Å². The van der Waals surface area contributed by atoms with Crippen LogP contribution >= 0.6 is 0 Å². The Bertz CT molecular complexity index is 364. The molecule has 0 amide bonds. The van der Waals surface area contributed by atoms with Gasteiger partial charge in [0.1, 0.15) is 0 Å². The number of hydrogen-bond acceptors (Lipinski definition) is 2. The summed E-state index contributed by atoms with van der Waals surface area (Å²) in [6.07, 6.45) is 1.13. The molecule has 0 aliphatic rings. The lowest BCUT2D eigenvalue weighted by Crippen LogP contribution is -2.41. The molecule has 2 heteroatoms. The number of benzene rings is 1. The van der Waals surface area contributed by atoms with Crippen LogP contribution < -0.4 is 5.32 Å². The molecule has 102 valence electrons. The molecule has 0 aliphatic heterocycles. The average Bonchev–Trinajstić information content (AvgIpc) is 2.28. The second-order valence-electron chi connectivity index (χ2n) is 5.62. The first-order chi connectivity index (χ1) is 8.40. The normalized spacial score (nSPS) is 13.7. The fourth-order valence-electron chi connectivity index (χ4n) is 2.35. The Morgan fingerprint density at radius 2 is 1.72 bits per heavy atom. The first-order valence-electron chi connectivity index (χ1n) is 6.77. The van der Waals surface area contributed by atoms with E-state index in [-0.39, 0.29) is 11.6 Å². The van der Waals surface area contributed by atoms with Gasteiger partial charge in [-0.1, -0.05) is 36.2 Å². The maximum absolute atomic E-state index is 5.67. The van der Waals surface area contributed by atoms with Gasteiger partial charge in [-0.3, -0.25) is 0 Å². The number of rotatable bonds is 6. The first kappa shape index (κ1) is 15.2. The maximum atomic E-state index is 5.67. The number of hydrogen-bond donors (Lipinski definition) is 1. The Hall–Kier alpha value is -0.860. The quantitative estimate of drug-likeness (QED) is 0.828. The first-order valence-corrected chi connectivity index (χ1v) is 6.77. The van der Waals surface area contributed by atoms with E-state index < -0.39 is 0 Å². The van der Waals surface area contributed by atoms with Gasteiger partial charge < -0.3 is 10.1 Å². The van der Waals surface area contributed by atoms with Gasteiger partial charge in [-0.2, -0.15) is 0 Å². The molecule has 0 heterocycles. The second kappa shape index (κ2) is 6.35. The highest BCUT2D eigenvalue weighted by Gasteiger charge is 2.30. The van der Waals surface area contributed by atoms with E-state index in [2.05, 4.69) is 58.1 Å². The minimum absolute atomic E-state index is 0.213. The molecule has 1 aromatic rings. The molecule has 1 unspecified atom stereocenters. The molecule has 1 atom stereocenters. The van der Waals surface area contributed by atoms with Crippen LogP contribution in [-0.4, -0.2) is 19.3 Å². The van der Waals surface area contributed by atoms with Crippen molar-refractivity contribution in [3.05, 3.63) is 34.9 Å². The van der Waals surface area contributed by atoms with Crippen LogP contribution in [0, 0.1) is 13.8 Å². The number of ether oxygens (including phenoxy) is 1. The van der Waals surface area contributed by atoms with Gasteiger partial charge >= 0.3 is 0 Å². The molecule has 0 saturated heterocycles. The monoisotopic (exact) mass is 249 g/mol. The van der Waals surface area contributed by atoms with E-state index in [4.69, 9.17) is 4.74 Å². The fourth-order valence-corrected chi connectivity index (χ4v) is 2.35. The molecular weight excluding hydrogens is 222 g/mol. The molecule has 0 radical (unpaired) electrons. The van der Waals surface area contributed by atoms with Gasteiger partial charge in [0.05, 0.1) is 11.6 Å². The second-order valence-corrected chi connectivity index (χ2v) is 5.62. The van der Waals surface area contributed by atoms with Crippen LogP contribution in [0.25, 0.3) is 0 Å². The van der Waals surface area contributed by atoms with Crippen molar-refractivity contribution in [1.82, 2.24) is 5.32 Å². The van der Waals surface area contributed by atoms with Gasteiger partial charge in [0, 0.05) is 7.11 Å². The highest BCUT2D eigenvalue weighted by molar-refractivity contribution is 5.32. The molecular formula is C16H27NO. The largest absolute Gasteiger partial charge is 0.377 e. The van der Waals surface area contributed by atoms with Crippen molar-refractivity contribution in [2.75, 3.05) is 13.7 Å². The predicted molar refractivity (Wildman–Crippen MR) is 78.0 cm³/mol. The zero-order chi connectivity index (χ0) is 13.8. The molecule has 1 rings (SSSR count). The van der Waals surface area contributed by atoms with E-state index in [1.54, 1.807) is 7.11 Å². The molecule has 0 bridgehead atoms. The summed E-state index contributed by atoms with van der Waals surface area (Å²) in [5, 5.41) is 3.61. The minimum atomic E-state index is -0.213. The number of nitrogens with one attached hydrogen (secondary N) is 1. The smallest absolute Gasteiger partial charge is 0.0816 e. The molecule has 1 aromatic carbocycles. The zero-order valence-electron chi connectivity index (χ0n) is 12.6. The van der Waals surface area contributed by atoms with Gasteiger partial charge in [-0.05, 0) is 46.2 Å². The summed E-state index contributed by atoms with van der Waals surface area (Å²) in [4.78, 5) is 0. The van der Waals surface area contributed by atoms with Gasteiger partial charge in [0.25, 0.3) is 0 Å². The van der Waals surface area contributed by atoms with Crippen molar-refractivity contribution in [2.24, 2.45) is 0 Å². The van der Waals surface area contributed by atoms with Crippen molar-refractivity contribution in [3.63, 3.8) is 0 Å². The molecule has 18 heavy (non-hydrogen) atoms. The van der Waals surface area contributed by atoms with Crippen LogP contribution in [0.5, 0.6) is 0 Å². The third-order valence-corrected chi connectivity index (χ3v) is 3.40. The summed E-state index contributed by atoms with van der Waals surface area (Å²) >= 11 is 0. The van der Waals surface area contributed by atoms with Crippen molar-refractivity contribution in [2.45, 2.75) is 52.7 Å². The highest BCUT2D eigenvalue weighted by atomic mass is 16.5.